The fourth-order valence-electron chi connectivity index (χ4n) is 3.74. The topological polar surface area (TPSA) is 76.1 Å². The molecule has 0 saturated heterocycles. The van der Waals surface area contributed by atoms with Gasteiger partial charge in [0.05, 0.1) is 31.4 Å². The Hall–Kier alpha value is -3.28. The first kappa shape index (κ1) is 22.4. The number of aliphatic hydroxyl groups excluding tert-OH is 1. The van der Waals surface area contributed by atoms with Crippen LogP contribution in [0.5, 0.6) is 11.5 Å². The third-order valence-corrected chi connectivity index (χ3v) is 5.19. The van der Waals surface area contributed by atoms with Crippen LogP contribution in [0, 0.1) is 5.92 Å². The summed E-state index contributed by atoms with van der Waals surface area (Å²) in [6.45, 7) is 7.59. The lowest BCUT2D eigenvalue weighted by atomic mass is 9.91. The lowest BCUT2D eigenvalue weighted by Gasteiger charge is -2.28. The van der Waals surface area contributed by atoms with Crippen LogP contribution >= 0.6 is 0 Å². The van der Waals surface area contributed by atoms with E-state index in [9.17, 15) is 14.7 Å². The molecule has 1 atom stereocenters. The van der Waals surface area contributed by atoms with Crippen molar-refractivity contribution in [2.24, 2.45) is 5.92 Å². The summed E-state index contributed by atoms with van der Waals surface area (Å²) in [7, 11) is 1.57. The van der Waals surface area contributed by atoms with E-state index in [2.05, 4.69) is 0 Å². The van der Waals surface area contributed by atoms with Gasteiger partial charge in [-0.2, -0.15) is 0 Å². The van der Waals surface area contributed by atoms with Crippen molar-refractivity contribution in [3.05, 3.63) is 71.0 Å². The first-order chi connectivity index (χ1) is 14.7. The van der Waals surface area contributed by atoms with Crippen molar-refractivity contribution in [2.75, 3.05) is 7.11 Å². The summed E-state index contributed by atoms with van der Waals surface area (Å²) in [5.41, 5.74) is 1.65. The summed E-state index contributed by atoms with van der Waals surface area (Å²) < 4.78 is 11.1. The lowest BCUT2D eigenvalue weighted by molar-refractivity contribution is -0.130. The molecule has 1 amide bonds. The monoisotopic (exact) mass is 423 g/mol. The summed E-state index contributed by atoms with van der Waals surface area (Å²) in [6, 6.07) is 14.0. The van der Waals surface area contributed by atoms with E-state index in [1.54, 1.807) is 21.0 Å². The fourth-order valence-corrected chi connectivity index (χ4v) is 3.74. The Kier molecular flexibility index (Phi) is 6.68. The highest BCUT2D eigenvalue weighted by Gasteiger charge is 2.44. The normalized spacial score (nSPS) is 16.4. The van der Waals surface area contributed by atoms with E-state index in [4.69, 9.17) is 9.47 Å². The van der Waals surface area contributed by atoms with Crippen LogP contribution in [0.3, 0.4) is 0 Å². The van der Waals surface area contributed by atoms with Gasteiger partial charge in [-0.25, -0.2) is 0 Å². The van der Waals surface area contributed by atoms with Crippen LogP contribution in [-0.4, -0.2) is 34.9 Å². The molecule has 6 nitrogen and oxygen atoms in total. The van der Waals surface area contributed by atoms with Gasteiger partial charge < -0.3 is 19.5 Å². The van der Waals surface area contributed by atoms with Gasteiger partial charge in [0.25, 0.3) is 5.91 Å². The Balaban J connectivity index is 2.05. The van der Waals surface area contributed by atoms with Crippen molar-refractivity contribution >= 4 is 11.7 Å². The first-order valence-electron chi connectivity index (χ1n) is 10.4. The lowest BCUT2D eigenvalue weighted by Crippen LogP contribution is -2.31. The van der Waals surface area contributed by atoms with E-state index in [1.165, 1.54) is 4.90 Å². The highest BCUT2D eigenvalue weighted by Crippen LogP contribution is 2.41. The maximum Gasteiger partial charge on any atom is 0.290 e. The molecule has 1 heterocycles. The average molecular weight is 424 g/mol. The maximum atomic E-state index is 13.0. The number of para-hydroxylation sites is 1. The van der Waals surface area contributed by atoms with Crippen molar-refractivity contribution in [2.45, 2.75) is 46.4 Å². The fraction of sp³-hybridized carbons (Fsp3) is 0.360. The molecule has 0 radical (unpaired) electrons. The molecule has 6 heteroatoms. The Morgan fingerprint density at radius 3 is 2.29 bits per heavy atom. The molecule has 1 unspecified atom stereocenters. The Morgan fingerprint density at radius 2 is 1.71 bits per heavy atom. The number of amides is 1. The van der Waals surface area contributed by atoms with Gasteiger partial charge in [0.15, 0.2) is 11.5 Å². The molecule has 1 N–H and O–H groups in total. The molecule has 164 valence electrons. The van der Waals surface area contributed by atoms with Crippen LogP contribution in [0.4, 0.5) is 0 Å². The van der Waals surface area contributed by atoms with Crippen molar-refractivity contribution in [3.63, 3.8) is 0 Å². The Labute approximate surface area is 183 Å². The smallest absolute Gasteiger partial charge is 0.290 e. The predicted molar refractivity (Wildman–Crippen MR) is 118 cm³/mol. The molecule has 1 aliphatic heterocycles. The van der Waals surface area contributed by atoms with Crippen LogP contribution in [0.1, 0.15) is 44.9 Å². The minimum Gasteiger partial charge on any atom is -0.503 e. The van der Waals surface area contributed by atoms with E-state index in [-0.39, 0.29) is 29.9 Å². The number of nitrogens with zero attached hydrogens (tertiary/aromatic N) is 1. The molecule has 0 fully saturated rings. The summed E-state index contributed by atoms with van der Waals surface area (Å²) in [4.78, 5) is 27.5. The largest absolute Gasteiger partial charge is 0.503 e. The number of hydrogen-bond donors (Lipinski definition) is 1. The highest BCUT2D eigenvalue weighted by atomic mass is 16.5. The van der Waals surface area contributed by atoms with Crippen LogP contribution in [-0.2, 0) is 16.1 Å². The number of rotatable bonds is 8. The third-order valence-electron chi connectivity index (χ3n) is 5.19. The van der Waals surface area contributed by atoms with Gasteiger partial charge in [0, 0.05) is 11.5 Å². The van der Waals surface area contributed by atoms with Crippen LogP contribution < -0.4 is 9.47 Å². The zero-order valence-corrected chi connectivity index (χ0v) is 18.6. The van der Waals surface area contributed by atoms with Crippen LogP contribution in [0.15, 0.2) is 59.9 Å². The number of ketones is 1. The number of ether oxygens (including phenoxy) is 2. The molecule has 3 rings (SSSR count). The minimum absolute atomic E-state index is 0.0305. The molecule has 2 aromatic carbocycles. The molecule has 0 bridgehead atoms. The third kappa shape index (κ3) is 4.58. The average Bonchev–Trinajstić information content (AvgIpc) is 2.98. The molecule has 2 aromatic rings. The van der Waals surface area contributed by atoms with Gasteiger partial charge in [-0.15, -0.1) is 0 Å². The minimum atomic E-state index is -0.694. The second-order valence-corrected chi connectivity index (χ2v) is 8.16. The predicted octanol–water partition coefficient (Wildman–Crippen LogP) is 4.60. The van der Waals surface area contributed by atoms with Gasteiger partial charge in [-0.3, -0.25) is 9.59 Å². The van der Waals surface area contributed by atoms with Gasteiger partial charge >= 0.3 is 0 Å². The van der Waals surface area contributed by atoms with Gasteiger partial charge in [0.2, 0.25) is 0 Å². The highest BCUT2D eigenvalue weighted by molar-refractivity contribution is 6.09. The van der Waals surface area contributed by atoms with E-state index in [0.29, 0.717) is 11.5 Å². The maximum absolute atomic E-state index is 13.0. The molecular weight excluding hydrogens is 394 g/mol. The van der Waals surface area contributed by atoms with Gasteiger partial charge in [0.1, 0.15) is 11.5 Å². The molecular formula is C25H29NO5. The van der Waals surface area contributed by atoms with Crippen molar-refractivity contribution in [1.82, 2.24) is 4.90 Å². The number of carbonyl (C=O) groups is 2. The molecule has 1 aliphatic rings. The van der Waals surface area contributed by atoms with Gasteiger partial charge in [-0.1, -0.05) is 44.2 Å². The second kappa shape index (κ2) is 9.25. The number of Topliss-reactive ketones (excluding diaryl/α,β-unsaturated/α-hetero) is 1. The number of carbonyl (C=O) groups excluding carboxylic acids is 2. The van der Waals surface area contributed by atoms with E-state index >= 15 is 0 Å². The second-order valence-electron chi connectivity index (χ2n) is 8.16. The van der Waals surface area contributed by atoms with Crippen LogP contribution in [0.2, 0.25) is 0 Å². The summed E-state index contributed by atoms with van der Waals surface area (Å²) in [5.74, 6) is -0.325. The molecule has 31 heavy (non-hydrogen) atoms. The quantitative estimate of drug-likeness (QED) is 0.671. The zero-order valence-electron chi connectivity index (χ0n) is 18.6. The number of benzene rings is 2. The summed E-state index contributed by atoms with van der Waals surface area (Å²) in [5, 5.41) is 10.7. The number of methoxy groups -OCH3 is 1. The van der Waals surface area contributed by atoms with Crippen LogP contribution in [0.25, 0.3) is 0 Å². The Bertz CT molecular complexity index is 991. The molecule has 0 saturated carbocycles. The molecule has 0 aromatic heterocycles. The van der Waals surface area contributed by atoms with E-state index in [1.807, 2.05) is 62.4 Å². The zero-order chi connectivity index (χ0) is 22.7. The number of aliphatic hydroxyl groups is 1. The number of hydrogen-bond acceptors (Lipinski definition) is 5. The Morgan fingerprint density at radius 1 is 1.06 bits per heavy atom. The van der Waals surface area contributed by atoms with E-state index < -0.39 is 17.7 Å². The molecule has 0 aliphatic carbocycles. The van der Waals surface area contributed by atoms with Crippen molar-refractivity contribution < 1.29 is 24.2 Å². The first-order valence-corrected chi connectivity index (χ1v) is 10.4. The van der Waals surface area contributed by atoms with Crippen molar-refractivity contribution in [1.29, 1.82) is 0 Å². The summed E-state index contributed by atoms with van der Waals surface area (Å²) >= 11 is 0. The van der Waals surface area contributed by atoms with E-state index in [0.717, 1.165) is 11.1 Å². The van der Waals surface area contributed by atoms with Crippen molar-refractivity contribution in [3.8, 4) is 11.5 Å². The molecule has 0 spiro atoms. The summed E-state index contributed by atoms with van der Waals surface area (Å²) in [6.07, 6.45) is 0.0305. The van der Waals surface area contributed by atoms with Gasteiger partial charge in [-0.05, 0) is 37.6 Å². The SMILES string of the molecule is COc1ccccc1CN1C(=O)C(O)=C(C(=O)C(C)C)C1c1ccc(OC(C)C)cc1. The standard InChI is InChI=1S/C25H29NO5/c1-15(2)23(27)21-22(17-10-12-19(13-11-17)31-16(3)4)26(25(29)24(21)28)14-18-8-6-7-9-20(18)30-5/h6-13,15-16,22,28H,14H2,1-5H3.